The van der Waals surface area contributed by atoms with Gasteiger partial charge in [0.05, 0.1) is 12.6 Å². The SMILES string of the molecule is CCCCCCCOc1ccc(-c2cc(-c3ccc(CCCCCC)cc3)ccc2C(=O)[O-])c(F)c1F. The van der Waals surface area contributed by atoms with Gasteiger partial charge in [0.2, 0.25) is 5.82 Å². The van der Waals surface area contributed by atoms with Crippen LogP contribution in [0.4, 0.5) is 8.78 Å². The van der Waals surface area contributed by atoms with E-state index in [4.69, 9.17) is 4.74 Å². The number of aromatic carboxylic acids is 1. The Morgan fingerprint density at radius 1 is 0.730 bits per heavy atom. The third kappa shape index (κ3) is 7.88. The molecular weight excluding hydrogens is 470 g/mol. The van der Waals surface area contributed by atoms with Gasteiger partial charge in [0.15, 0.2) is 11.6 Å². The fraction of sp³-hybridized carbons (Fsp3) is 0.406. The zero-order valence-electron chi connectivity index (χ0n) is 22.0. The highest BCUT2D eigenvalue weighted by Gasteiger charge is 2.19. The molecule has 0 atom stereocenters. The monoisotopic (exact) mass is 507 g/mol. The van der Waals surface area contributed by atoms with Crippen molar-refractivity contribution < 1.29 is 23.4 Å². The lowest BCUT2D eigenvalue weighted by molar-refractivity contribution is -0.254. The first-order valence-electron chi connectivity index (χ1n) is 13.5. The van der Waals surface area contributed by atoms with Crippen LogP contribution < -0.4 is 9.84 Å². The zero-order valence-corrected chi connectivity index (χ0v) is 22.0. The van der Waals surface area contributed by atoms with E-state index in [1.165, 1.54) is 43.0 Å². The van der Waals surface area contributed by atoms with Gasteiger partial charge in [-0.25, -0.2) is 4.39 Å². The predicted molar refractivity (Wildman–Crippen MR) is 144 cm³/mol. The summed E-state index contributed by atoms with van der Waals surface area (Å²) in [5, 5.41) is 11.8. The number of hydrogen-bond acceptors (Lipinski definition) is 3. The van der Waals surface area contributed by atoms with Crippen molar-refractivity contribution >= 4 is 5.97 Å². The minimum atomic E-state index is -1.45. The summed E-state index contributed by atoms with van der Waals surface area (Å²) in [6.45, 7) is 4.62. The number of benzene rings is 3. The summed E-state index contributed by atoms with van der Waals surface area (Å²) in [7, 11) is 0. The topological polar surface area (TPSA) is 49.4 Å². The molecule has 3 aromatic carbocycles. The summed E-state index contributed by atoms with van der Waals surface area (Å²) >= 11 is 0. The molecule has 0 spiro atoms. The molecule has 0 radical (unpaired) electrons. The summed E-state index contributed by atoms with van der Waals surface area (Å²) in [5.41, 5.74) is 2.56. The van der Waals surface area contributed by atoms with E-state index in [2.05, 4.69) is 26.0 Å². The van der Waals surface area contributed by atoms with E-state index in [1.54, 1.807) is 12.1 Å². The second-order valence-corrected chi connectivity index (χ2v) is 9.56. The van der Waals surface area contributed by atoms with Gasteiger partial charge in [-0.05, 0) is 59.7 Å². The Balaban J connectivity index is 1.82. The van der Waals surface area contributed by atoms with Crippen LogP contribution in [0.5, 0.6) is 5.75 Å². The smallest absolute Gasteiger partial charge is 0.201 e. The molecule has 3 nitrogen and oxygen atoms in total. The summed E-state index contributed by atoms with van der Waals surface area (Å²) in [4.78, 5) is 11.8. The van der Waals surface area contributed by atoms with Crippen molar-refractivity contribution in [3.63, 3.8) is 0 Å². The molecule has 0 aliphatic heterocycles. The van der Waals surface area contributed by atoms with Crippen LogP contribution in [-0.4, -0.2) is 12.6 Å². The number of carbonyl (C=O) groups is 1. The molecule has 5 heteroatoms. The Labute approximate surface area is 219 Å². The van der Waals surface area contributed by atoms with E-state index < -0.39 is 17.6 Å². The highest BCUT2D eigenvalue weighted by molar-refractivity contribution is 5.96. The number of rotatable bonds is 15. The van der Waals surface area contributed by atoms with Crippen molar-refractivity contribution in [1.29, 1.82) is 0 Å². The number of halogens is 2. The van der Waals surface area contributed by atoms with Crippen LogP contribution in [0, 0.1) is 11.6 Å². The quantitative estimate of drug-likeness (QED) is 0.195. The second-order valence-electron chi connectivity index (χ2n) is 9.56. The molecule has 0 aliphatic rings. The van der Waals surface area contributed by atoms with Crippen LogP contribution in [-0.2, 0) is 6.42 Å². The lowest BCUT2D eigenvalue weighted by Crippen LogP contribution is -2.23. The third-order valence-electron chi connectivity index (χ3n) is 6.69. The molecule has 3 rings (SSSR count). The Morgan fingerprint density at radius 2 is 1.38 bits per heavy atom. The van der Waals surface area contributed by atoms with Crippen molar-refractivity contribution in [2.75, 3.05) is 6.61 Å². The molecule has 3 aromatic rings. The highest BCUT2D eigenvalue weighted by Crippen LogP contribution is 2.35. The largest absolute Gasteiger partial charge is 0.545 e. The van der Waals surface area contributed by atoms with E-state index in [1.807, 2.05) is 12.1 Å². The third-order valence-corrected chi connectivity index (χ3v) is 6.69. The van der Waals surface area contributed by atoms with Crippen LogP contribution in [0.15, 0.2) is 54.6 Å². The van der Waals surface area contributed by atoms with Crippen molar-refractivity contribution in [3.8, 4) is 28.0 Å². The summed E-state index contributed by atoms with van der Waals surface area (Å²) in [6.07, 6.45) is 10.9. The molecule has 0 heterocycles. The highest BCUT2D eigenvalue weighted by atomic mass is 19.2. The molecule has 0 aliphatic carbocycles. The van der Waals surface area contributed by atoms with E-state index in [0.29, 0.717) is 12.2 Å². The fourth-order valence-electron chi connectivity index (χ4n) is 4.48. The van der Waals surface area contributed by atoms with Crippen molar-refractivity contribution in [2.45, 2.75) is 78.1 Å². The van der Waals surface area contributed by atoms with Gasteiger partial charge >= 0.3 is 0 Å². The molecular formula is C32H37F2O3-. The van der Waals surface area contributed by atoms with Crippen LogP contribution in [0.3, 0.4) is 0 Å². The summed E-state index contributed by atoms with van der Waals surface area (Å²) in [5.74, 6) is -3.87. The first-order valence-corrected chi connectivity index (χ1v) is 13.5. The Hall–Kier alpha value is -3.21. The maximum absolute atomic E-state index is 15.2. The number of carboxylic acid groups (broad SMARTS) is 1. The molecule has 0 amide bonds. The molecule has 0 saturated carbocycles. The Morgan fingerprint density at radius 3 is 2.05 bits per heavy atom. The number of hydrogen-bond donors (Lipinski definition) is 0. The molecule has 37 heavy (non-hydrogen) atoms. The number of carboxylic acids is 1. The van der Waals surface area contributed by atoms with Gasteiger partial charge in [-0.15, -0.1) is 0 Å². The van der Waals surface area contributed by atoms with E-state index in [0.717, 1.165) is 50.5 Å². The van der Waals surface area contributed by atoms with Crippen LogP contribution in [0.25, 0.3) is 22.3 Å². The van der Waals surface area contributed by atoms with Gasteiger partial charge < -0.3 is 14.6 Å². The second kappa shape index (κ2) is 14.5. The van der Waals surface area contributed by atoms with Gasteiger partial charge in [0.25, 0.3) is 0 Å². The lowest BCUT2D eigenvalue weighted by Gasteiger charge is -2.16. The average Bonchev–Trinajstić information content (AvgIpc) is 2.91. The van der Waals surface area contributed by atoms with E-state index in [9.17, 15) is 14.3 Å². The number of carbonyl (C=O) groups excluding carboxylic acids is 1. The Bertz CT molecular complexity index is 1160. The zero-order chi connectivity index (χ0) is 26.6. The fourth-order valence-corrected chi connectivity index (χ4v) is 4.48. The Kier molecular flexibility index (Phi) is 11.1. The van der Waals surface area contributed by atoms with Gasteiger partial charge in [-0.1, -0.05) is 95.2 Å². The number of ether oxygens (including phenoxy) is 1. The maximum atomic E-state index is 15.2. The minimum absolute atomic E-state index is 0.0728. The standard InChI is InChI=1S/C32H38F2O3/c1-3-5-7-9-11-21-37-29-20-19-26(30(33)31(29)34)28-22-25(17-18-27(28)32(35)36)24-15-13-23(14-16-24)12-10-8-6-4-2/h13-20,22H,3-12,21H2,1-2H3,(H,35,36)/p-1. The van der Waals surface area contributed by atoms with Crippen LogP contribution in [0.2, 0.25) is 0 Å². The lowest BCUT2D eigenvalue weighted by atomic mass is 9.93. The molecule has 0 aromatic heterocycles. The molecule has 0 saturated heterocycles. The molecule has 0 N–H and O–H groups in total. The predicted octanol–water partition coefficient (Wildman–Crippen LogP) is 8.13. The number of aryl methyl sites for hydroxylation is 1. The van der Waals surface area contributed by atoms with Gasteiger partial charge in [0.1, 0.15) is 0 Å². The summed E-state index contributed by atoms with van der Waals surface area (Å²) < 4.78 is 35.5. The molecule has 0 bridgehead atoms. The van der Waals surface area contributed by atoms with Crippen LogP contribution in [0.1, 0.15) is 87.6 Å². The van der Waals surface area contributed by atoms with Gasteiger partial charge in [-0.2, -0.15) is 4.39 Å². The van der Waals surface area contributed by atoms with E-state index >= 15 is 4.39 Å². The molecule has 198 valence electrons. The van der Waals surface area contributed by atoms with Crippen LogP contribution >= 0.6 is 0 Å². The van der Waals surface area contributed by atoms with Gasteiger partial charge in [0, 0.05) is 11.1 Å². The van der Waals surface area contributed by atoms with Crippen molar-refractivity contribution in [3.05, 3.63) is 77.4 Å². The maximum Gasteiger partial charge on any atom is 0.201 e. The van der Waals surface area contributed by atoms with Crippen molar-refractivity contribution in [2.24, 2.45) is 0 Å². The average molecular weight is 508 g/mol. The van der Waals surface area contributed by atoms with E-state index in [-0.39, 0.29) is 22.4 Å². The number of unbranched alkanes of at least 4 members (excludes halogenated alkanes) is 7. The van der Waals surface area contributed by atoms with Gasteiger partial charge in [-0.3, -0.25) is 0 Å². The minimum Gasteiger partial charge on any atom is -0.545 e. The molecule has 0 fully saturated rings. The van der Waals surface area contributed by atoms with Crippen molar-refractivity contribution in [1.82, 2.24) is 0 Å². The molecule has 0 unspecified atom stereocenters. The summed E-state index contributed by atoms with van der Waals surface area (Å²) in [6, 6.07) is 15.4. The first kappa shape index (κ1) is 28.4. The normalized spacial score (nSPS) is 11.0. The first-order chi connectivity index (χ1) is 18.0.